The van der Waals surface area contributed by atoms with E-state index in [0.717, 1.165) is 29.5 Å². The molecule has 0 bridgehead atoms. The summed E-state index contributed by atoms with van der Waals surface area (Å²) in [5.74, 6) is 0.784. The van der Waals surface area contributed by atoms with Crippen molar-refractivity contribution in [2.24, 2.45) is 0 Å². The van der Waals surface area contributed by atoms with Crippen molar-refractivity contribution in [3.8, 4) is 11.5 Å². The van der Waals surface area contributed by atoms with E-state index in [0.29, 0.717) is 23.4 Å². The van der Waals surface area contributed by atoms with Gasteiger partial charge in [-0.1, -0.05) is 13.3 Å². The van der Waals surface area contributed by atoms with E-state index < -0.39 is 0 Å². The van der Waals surface area contributed by atoms with Gasteiger partial charge in [-0.3, -0.25) is 9.36 Å². The zero-order valence-corrected chi connectivity index (χ0v) is 16.0. The third-order valence-electron chi connectivity index (χ3n) is 4.46. The maximum atomic E-state index is 12.6. The number of hydrogen-bond donors (Lipinski definition) is 0. The standard InChI is InChI=1S/C19H26N2O5/c1-6-7-8-13-17-12(2)18(26-5)15(24-3)11-14(17)21(19(23)20-13)10-9-16(22)25-4/h11H,6-10H2,1-5H3. The lowest BCUT2D eigenvalue weighted by Crippen LogP contribution is -2.26. The highest BCUT2D eigenvalue weighted by Crippen LogP contribution is 2.37. The minimum atomic E-state index is -0.377. The molecule has 1 aromatic carbocycles. The maximum Gasteiger partial charge on any atom is 0.348 e. The van der Waals surface area contributed by atoms with Crippen LogP contribution in [0.15, 0.2) is 10.9 Å². The van der Waals surface area contributed by atoms with E-state index in [4.69, 9.17) is 9.47 Å². The van der Waals surface area contributed by atoms with Crippen LogP contribution in [-0.2, 0) is 22.5 Å². The SMILES string of the molecule is CCCCc1nc(=O)n(CCC(=O)OC)c2cc(OC)c(OC)c(C)c12. The Hall–Kier alpha value is -2.57. The minimum absolute atomic E-state index is 0.0921. The molecule has 0 fully saturated rings. The Labute approximate surface area is 152 Å². The fraction of sp³-hybridized carbons (Fsp3) is 0.526. The lowest BCUT2D eigenvalue weighted by atomic mass is 10.0. The largest absolute Gasteiger partial charge is 0.493 e. The Balaban J connectivity index is 2.75. The molecule has 1 heterocycles. The van der Waals surface area contributed by atoms with Crippen molar-refractivity contribution in [2.75, 3.05) is 21.3 Å². The monoisotopic (exact) mass is 362 g/mol. The molecule has 0 aliphatic carbocycles. The molecule has 142 valence electrons. The van der Waals surface area contributed by atoms with Gasteiger partial charge in [0.05, 0.1) is 39.0 Å². The predicted molar refractivity (Wildman–Crippen MR) is 99.1 cm³/mol. The number of hydrogen-bond acceptors (Lipinski definition) is 6. The van der Waals surface area contributed by atoms with Crippen LogP contribution >= 0.6 is 0 Å². The Morgan fingerprint density at radius 2 is 1.96 bits per heavy atom. The van der Waals surface area contributed by atoms with E-state index in [1.54, 1.807) is 20.3 Å². The van der Waals surface area contributed by atoms with Crippen LogP contribution in [0.2, 0.25) is 0 Å². The van der Waals surface area contributed by atoms with Gasteiger partial charge < -0.3 is 14.2 Å². The van der Waals surface area contributed by atoms with Gasteiger partial charge in [0.1, 0.15) is 0 Å². The van der Waals surface area contributed by atoms with Gasteiger partial charge in [0.2, 0.25) is 0 Å². The smallest absolute Gasteiger partial charge is 0.348 e. The van der Waals surface area contributed by atoms with Gasteiger partial charge in [0.25, 0.3) is 0 Å². The number of carbonyl (C=O) groups excluding carboxylic acids is 1. The van der Waals surface area contributed by atoms with E-state index in [9.17, 15) is 9.59 Å². The lowest BCUT2D eigenvalue weighted by Gasteiger charge is -2.18. The van der Waals surface area contributed by atoms with Crippen molar-refractivity contribution in [3.63, 3.8) is 0 Å². The Kier molecular flexibility index (Phi) is 6.60. The fourth-order valence-corrected chi connectivity index (χ4v) is 3.12. The van der Waals surface area contributed by atoms with Crippen LogP contribution in [0.25, 0.3) is 10.9 Å². The number of benzene rings is 1. The number of carbonyl (C=O) groups is 1. The van der Waals surface area contributed by atoms with Crippen molar-refractivity contribution in [1.82, 2.24) is 9.55 Å². The average Bonchev–Trinajstić information content (AvgIpc) is 2.64. The van der Waals surface area contributed by atoms with Crippen LogP contribution in [0.5, 0.6) is 11.5 Å². The van der Waals surface area contributed by atoms with Crippen molar-refractivity contribution in [3.05, 3.63) is 27.8 Å². The van der Waals surface area contributed by atoms with Gasteiger partial charge in [0, 0.05) is 23.6 Å². The first-order chi connectivity index (χ1) is 12.5. The second kappa shape index (κ2) is 8.69. The third kappa shape index (κ3) is 3.81. The van der Waals surface area contributed by atoms with Crippen molar-refractivity contribution >= 4 is 16.9 Å². The number of aryl methyl sites for hydroxylation is 3. The van der Waals surface area contributed by atoms with Gasteiger partial charge in [-0.05, 0) is 19.8 Å². The number of ether oxygens (including phenoxy) is 3. The molecule has 2 aromatic rings. The summed E-state index contributed by atoms with van der Waals surface area (Å²) >= 11 is 0. The molecule has 0 unspecified atom stereocenters. The van der Waals surface area contributed by atoms with E-state index in [2.05, 4.69) is 16.6 Å². The van der Waals surface area contributed by atoms with Gasteiger partial charge in [0.15, 0.2) is 11.5 Å². The Morgan fingerprint density at radius 1 is 1.23 bits per heavy atom. The van der Waals surface area contributed by atoms with Crippen molar-refractivity contribution in [2.45, 2.75) is 46.1 Å². The highest BCUT2D eigenvalue weighted by atomic mass is 16.5. The quantitative estimate of drug-likeness (QED) is 0.672. The molecule has 0 N–H and O–H groups in total. The molecule has 0 radical (unpaired) electrons. The van der Waals surface area contributed by atoms with Crippen molar-refractivity contribution in [1.29, 1.82) is 0 Å². The molecule has 7 nitrogen and oxygen atoms in total. The molecule has 0 aliphatic rings. The molecule has 0 atom stereocenters. The van der Waals surface area contributed by atoms with E-state index in [1.165, 1.54) is 11.7 Å². The topological polar surface area (TPSA) is 79.7 Å². The molecule has 7 heteroatoms. The van der Waals surface area contributed by atoms with Gasteiger partial charge >= 0.3 is 11.7 Å². The van der Waals surface area contributed by atoms with E-state index in [1.807, 2.05) is 6.92 Å². The summed E-state index contributed by atoms with van der Waals surface area (Å²) in [7, 11) is 4.47. The van der Waals surface area contributed by atoms with Crippen molar-refractivity contribution < 1.29 is 19.0 Å². The van der Waals surface area contributed by atoms with Crippen LogP contribution < -0.4 is 15.2 Å². The predicted octanol–water partition coefficient (Wildman–Crippen LogP) is 2.63. The molecular formula is C19H26N2O5. The number of aromatic nitrogens is 2. The number of rotatable bonds is 8. The summed E-state index contributed by atoms with van der Waals surface area (Å²) in [6, 6.07) is 1.77. The number of unbranched alkanes of at least 4 members (excludes halogenated alkanes) is 1. The zero-order valence-electron chi connectivity index (χ0n) is 16.0. The molecule has 0 saturated heterocycles. The second-order valence-corrected chi connectivity index (χ2v) is 6.05. The highest BCUT2D eigenvalue weighted by molar-refractivity contribution is 5.89. The van der Waals surface area contributed by atoms with Gasteiger partial charge in [-0.25, -0.2) is 4.79 Å². The van der Waals surface area contributed by atoms with Gasteiger partial charge in [-0.15, -0.1) is 0 Å². The first-order valence-electron chi connectivity index (χ1n) is 8.70. The summed E-state index contributed by atoms with van der Waals surface area (Å²) in [6.07, 6.45) is 2.73. The second-order valence-electron chi connectivity index (χ2n) is 6.05. The molecule has 0 spiro atoms. The molecule has 1 aromatic heterocycles. The van der Waals surface area contributed by atoms with Crippen LogP contribution in [0.1, 0.15) is 37.4 Å². The average molecular weight is 362 g/mol. The minimum Gasteiger partial charge on any atom is -0.493 e. The third-order valence-corrected chi connectivity index (χ3v) is 4.46. The van der Waals surface area contributed by atoms with Crippen LogP contribution in [-0.4, -0.2) is 36.8 Å². The van der Waals surface area contributed by atoms with Crippen LogP contribution in [0.3, 0.4) is 0 Å². The summed E-state index contributed by atoms with van der Waals surface area (Å²) in [5.41, 5.74) is 1.93. The van der Waals surface area contributed by atoms with Crippen LogP contribution in [0, 0.1) is 6.92 Å². The Bertz CT molecular complexity index is 857. The van der Waals surface area contributed by atoms with Crippen LogP contribution in [0.4, 0.5) is 0 Å². The Morgan fingerprint density at radius 3 is 2.54 bits per heavy atom. The first kappa shape index (κ1) is 19.8. The number of fused-ring (bicyclic) bond motifs is 1. The normalized spacial score (nSPS) is 10.8. The molecule has 0 aliphatic heterocycles. The molecular weight excluding hydrogens is 336 g/mol. The molecule has 0 saturated carbocycles. The van der Waals surface area contributed by atoms with E-state index in [-0.39, 0.29) is 24.6 Å². The zero-order chi connectivity index (χ0) is 19.3. The summed E-state index contributed by atoms with van der Waals surface area (Å²) in [5, 5.41) is 0.876. The molecule has 26 heavy (non-hydrogen) atoms. The summed E-state index contributed by atoms with van der Waals surface area (Å²) < 4.78 is 17.1. The molecule has 0 amide bonds. The lowest BCUT2D eigenvalue weighted by molar-refractivity contribution is -0.140. The summed E-state index contributed by atoms with van der Waals surface area (Å²) in [4.78, 5) is 28.4. The highest BCUT2D eigenvalue weighted by Gasteiger charge is 2.19. The molecule has 2 rings (SSSR count). The first-order valence-corrected chi connectivity index (χ1v) is 8.70. The maximum absolute atomic E-state index is 12.6. The number of esters is 1. The number of methoxy groups -OCH3 is 3. The van der Waals surface area contributed by atoms with E-state index >= 15 is 0 Å². The summed E-state index contributed by atoms with van der Waals surface area (Å²) in [6.45, 7) is 4.21. The number of nitrogens with zero attached hydrogens (tertiary/aromatic N) is 2. The fourth-order valence-electron chi connectivity index (χ4n) is 3.12. The van der Waals surface area contributed by atoms with Gasteiger partial charge in [-0.2, -0.15) is 4.98 Å².